The molecule has 4 heterocycles. The topological polar surface area (TPSA) is 94.4 Å². The molecule has 0 amide bonds. The summed E-state index contributed by atoms with van der Waals surface area (Å²) in [5.41, 5.74) is 7.99. The maximum Gasteiger partial charge on any atom is 0.175 e. The molecule has 0 unspecified atom stereocenters. The number of hydrogen-bond acceptors (Lipinski definition) is 6. The third-order valence-corrected chi connectivity index (χ3v) is 6.42. The van der Waals surface area contributed by atoms with Crippen LogP contribution in [0, 0.1) is 0 Å². The first-order chi connectivity index (χ1) is 17.2. The van der Waals surface area contributed by atoms with Crippen molar-refractivity contribution in [1.29, 1.82) is 0 Å². The van der Waals surface area contributed by atoms with E-state index in [1.54, 1.807) is 0 Å². The highest BCUT2D eigenvalue weighted by atomic mass is 16.5. The molecule has 0 saturated carbocycles. The Kier molecular flexibility index (Phi) is 5.33. The van der Waals surface area contributed by atoms with E-state index in [0.717, 1.165) is 69.1 Å². The van der Waals surface area contributed by atoms with Crippen molar-refractivity contribution >= 4 is 22.2 Å². The summed E-state index contributed by atoms with van der Waals surface area (Å²) in [4.78, 5) is 9.96. The lowest BCUT2D eigenvalue weighted by Gasteiger charge is -2.14. The summed E-state index contributed by atoms with van der Waals surface area (Å²) in [6, 6.07) is 20.6. The van der Waals surface area contributed by atoms with Crippen LogP contribution in [0.2, 0.25) is 0 Å². The van der Waals surface area contributed by atoms with Crippen LogP contribution in [0.25, 0.3) is 22.2 Å². The third kappa shape index (κ3) is 3.77. The second-order valence-corrected chi connectivity index (χ2v) is 8.68. The Hall–Kier alpha value is -4.33. The fraction of sp³-hybridized carbons (Fsp3) is 0.222. The standard InChI is InChI=1S/C27H25N7O/c1-3-8-25-29-21-10-5-6-11-23(21)34(25)15-18-13-14-19-22(28-18)16-35-24-12-7-4-9-20(24)26(19)17(2)27-30-32-33-31-27/h4-7,9-14H,3,8,15-16H2,1-2H3,(H,30,31,32,33)/b26-17+. The molecule has 0 saturated heterocycles. The molecule has 1 aliphatic rings. The van der Waals surface area contributed by atoms with Crippen molar-refractivity contribution in [2.75, 3.05) is 0 Å². The first-order valence-corrected chi connectivity index (χ1v) is 11.8. The number of fused-ring (bicyclic) bond motifs is 3. The van der Waals surface area contributed by atoms with Gasteiger partial charge in [-0.15, -0.1) is 5.10 Å². The minimum atomic E-state index is 0.387. The van der Waals surface area contributed by atoms with Crippen LogP contribution < -0.4 is 4.74 Å². The van der Waals surface area contributed by atoms with Gasteiger partial charge in [0, 0.05) is 28.7 Å². The van der Waals surface area contributed by atoms with E-state index in [9.17, 15) is 0 Å². The van der Waals surface area contributed by atoms with Gasteiger partial charge in [0.15, 0.2) is 5.82 Å². The molecular formula is C27H25N7O. The average molecular weight is 464 g/mol. The Labute approximate surface area is 202 Å². The highest BCUT2D eigenvalue weighted by molar-refractivity contribution is 5.99. The minimum Gasteiger partial charge on any atom is -0.487 e. The molecule has 174 valence electrons. The number of allylic oxidation sites excluding steroid dienone is 1. The average Bonchev–Trinajstić information content (AvgIpc) is 3.50. The van der Waals surface area contributed by atoms with Crippen molar-refractivity contribution in [3.05, 3.63) is 94.8 Å². The quantitative estimate of drug-likeness (QED) is 0.402. The van der Waals surface area contributed by atoms with Crippen LogP contribution in [-0.4, -0.2) is 35.2 Å². The molecule has 2 aromatic carbocycles. The summed E-state index contributed by atoms with van der Waals surface area (Å²) in [7, 11) is 0. The number of nitrogens with one attached hydrogen (secondary N) is 1. The summed E-state index contributed by atoms with van der Waals surface area (Å²) in [5, 5.41) is 14.6. The second kappa shape index (κ2) is 8.79. The van der Waals surface area contributed by atoms with Gasteiger partial charge in [0.25, 0.3) is 0 Å². The highest BCUT2D eigenvalue weighted by Crippen LogP contribution is 2.40. The smallest absolute Gasteiger partial charge is 0.175 e. The summed E-state index contributed by atoms with van der Waals surface area (Å²) in [5.74, 6) is 2.53. The van der Waals surface area contributed by atoms with Gasteiger partial charge < -0.3 is 9.30 Å². The molecule has 8 nitrogen and oxygen atoms in total. The Morgan fingerprint density at radius 2 is 1.86 bits per heavy atom. The van der Waals surface area contributed by atoms with Crippen LogP contribution >= 0.6 is 0 Å². The number of benzene rings is 2. The Balaban J connectivity index is 1.47. The maximum atomic E-state index is 6.22. The van der Waals surface area contributed by atoms with E-state index in [0.29, 0.717) is 19.0 Å². The summed E-state index contributed by atoms with van der Waals surface area (Å²) in [6.45, 7) is 5.24. The summed E-state index contributed by atoms with van der Waals surface area (Å²) < 4.78 is 8.50. The molecule has 0 radical (unpaired) electrons. The number of ether oxygens (including phenoxy) is 1. The fourth-order valence-corrected chi connectivity index (χ4v) is 4.78. The first-order valence-electron chi connectivity index (χ1n) is 11.8. The SMILES string of the molecule is CCCc1nc2ccccc2n1Cc1ccc2c(n1)COc1ccccc1/C2=C(\C)c1nnn[nH]1. The van der Waals surface area contributed by atoms with Crippen molar-refractivity contribution in [2.24, 2.45) is 0 Å². The number of H-pyrrole nitrogens is 1. The van der Waals surface area contributed by atoms with Crippen molar-refractivity contribution in [3.8, 4) is 5.75 Å². The molecule has 0 spiro atoms. The van der Waals surface area contributed by atoms with Gasteiger partial charge >= 0.3 is 0 Å². The van der Waals surface area contributed by atoms with Gasteiger partial charge in [-0.2, -0.15) is 0 Å². The molecule has 1 aliphatic heterocycles. The van der Waals surface area contributed by atoms with Crippen molar-refractivity contribution < 1.29 is 4.74 Å². The van der Waals surface area contributed by atoms with Crippen molar-refractivity contribution in [3.63, 3.8) is 0 Å². The van der Waals surface area contributed by atoms with Crippen LogP contribution in [0.4, 0.5) is 0 Å². The van der Waals surface area contributed by atoms with E-state index in [-0.39, 0.29) is 0 Å². The third-order valence-electron chi connectivity index (χ3n) is 6.42. The number of para-hydroxylation sites is 3. The first kappa shape index (κ1) is 21.2. The molecule has 1 N–H and O–H groups in total. The number of nitrogens with zero attached hydrogens (tertiary/aromatic N) is 6. The Bertz CT molecular complexity index is 1550. The second-order valence-electron chi connectivity index (χ2n) is 8.68. The molecule has 0 aliphatic carbocycles. The molecule has 6 rings (SSSR count). The fourth-order valence-electron chi connectivity index (χ4n) is 4.78. The molecular weight excluding hydrogens is 438 g/mol. The number of aryl methyl sites for hydroxylation is 1. The zero-order valence-electron chi connectivity index (χ0n) is 19.7. The Morgan fingerprint density at radius 1 is 1.00 bits per heavy atom. The van der Waals surface area contributed by atoms with Crippen molar-refractivity contribution in [2.45, 2.75) is 39.8 Å². The molecule has 0 fully saturated rings. The van der Waals surface area contributed by atoms with Gasteiger partial charge in [0.2, 0.25) is 0 Å². The number of aromatic nitrogens is 7. The molecule has 0 atom stereocenters. The van der Waals surface area contributed by atoms with E-state index in [1.165, 1.54) is 0 Å². The number of hydrogen-bond donors (Lipinski definition) is 1. The Morgan fingerprint density at radius 3 is 2.71 bits per heavy atom. The van der Waals surface area contributed by atoms with E-state index < -0.39 is 0 Å². The van der Waals surface area contributed by atoms with Gasteiger partial charge in [-0.1, -0.05) is 43.3 Å². The molecule has 35 heavy (non-hydrogen) atoms. The van der Waals surface area contributed by atoms with Crippen LogP contribution in [0.3, 0.4) is 0 Å². The van der Waals surface area contributed by atoms with Gasteiger partial charge in [0.05, 0.1) is 29.0 Å². The monoisotopic (exact) mass is 463 g/mol. The van der Waals surface area contributed by atoms with Gasteiger partial charge in [0.1, 0.15) is 18.2 Å². The number of rotatable bonds is 5. The van der Waals surface area contributed by atoms with Crippen LogP contribution in [0.5, 0.6) is 5.75 Å². The molecule has 8 heteroatoms. The number of tetrazole rings is 1. The van der Waals surface area contributed by atoms with Gasteiger partial charge in [-0.3, -0.25) is 4.98 Å². The summed E-state index contributed by atoms with van der Waals surface area (Å²) >= 11 is 0. The lowest BCUT2D eigenvalue weighted by Crippen LogP contribution is -2.09. The van der Waals surface area contributed by atoms with Crippen molar-refractivity contribution in [1.82, 2.24) is 35.2 Å². The number of pyridine rings is 1. The minimum absolute atomic E-state index is 0.387. The lowest BCUT2D eigenvalue weighted by molar-refractivity contribution is 0.302. The molecule has 5 aromatic rings. The van der Waals surface area contributed by atoms with E-state index in [2.05, 4.69) is 68.5 Å². The molecule has 0 bridgehead atoms. The largest absolute Gasteiger partial charge is 0.487 e. The van der Waals surface area contributed by atoms with E-state index >= 15 is 0 Å². The molecule has 3 aromatic heterocycles. The van der Waals surface area contributed by atoms with Crippen LogP contribution in [-0.2, 0) is 19.6 Å². The maximum absolute atomic E-state index is 6.22. The predicted molar refractivity (Wildman–Crippen MR) is 134 cm³/mol. The normalized spacial score (nSPS) is 14.2. The van der Waals surface area contributed by atoms with Gasteiger partial charge in [-0.05, 0) is 48.0 Å². The number of aromatic amines is 1. The highest BCUT2D eigenvalue weighted by Gasteiger charge is 2.24. The van der Waals surface area contributed by atoms with Gasteiger partial charge in [-0.25, -0.2) is 10.1 Å². The van der Waals surface area contributed by atoms with E-state index in [4.69, 9.17) is 14.7 Å². The van der Waals surface area contributed by atoms with E-state index in [1.807, 2.05) is 31.2 Å². The number of imidazole rings is 1. The summed E-state index contributed by atoms with van der Waals surface area (Å²) in [6.07, 6.45) is 1.96. The van der Waals surface area contributed by atoms with Crippen LogP contribution in [0.15, 0.2) is 60.7 Å². The lowest BCUT2D eigenvalue weighted by atomic mass is 9.92. The zero-order valence-corrected chi connectivity index (χ0v) is 19.7. The zero-order chi connectivity index (χ0) is 23.8. The predicted octanol–water partition coefficient (Wildman–Crippen LogP) is 4.82. The van der Waals surface area contributed by atoms with Crippen LogP contribution in [0.1, 0.15) is 54.4 Å².